The zero-order chi connectivity index (χ0) is 11.3. The highest BCUT2D eigenvalue weighted by Gasteiger charge is 2.08. The first-order valence-electron chi connectivity index (χ1n) is 4.93. The molecule has 0 N–H and O–H groups in total. The summed E-state index contributed by atoms with van der Waals surface area (Å²) in [5, 5.41) is 0. The normalized spacial score (nSPS) is 11.6. The van der Waals surface area contributed by atoms with Crippen LogP contribution < -0.4 is 0 Å². The molecule has 1 aromatic carbocycles. The predicted molar refractivity (Wildman–Crippen MR) is 64.0 cm³/mol. The maximum atomic E-state index is 13.6. The number of benzene rings is 1. The van der Waals surface area contributed by atoms with Crippen LogP contribution in [0, 0.1) is 5.82 Å². The van der Waals surface area contributed by atoms with Gasteiger partial charge in [0.25, 0.3) is 0 Å². The summed E-state index contributed by atoms with van der Waals surface area (Å²) in [4.78, 5) is 0. The molecule has 0 atom stereocenters. The lowest BCUT2D eigenvalue weighted by molar-refractivity contribution is 0.275. The summed E-state index contributed by atoms with van der Waals surface area (Å²) in [6.07, 6.45) is 2.69. The van der Waals surface area contributed by atoms with Crippen LogP contribution >= 0.6 is 15.9 Å². The topological polar surface area (TPSA) is 9.23 Å². The van der Waals surface area contributed by atoms with Crippen molar-refractivity contribution in [2.75, 3.05) is 6.61 Å². The van der Waals surface area contributed by atoms with Gasteiger partial charge in [0, 0.05) is 4.47 Å². The zero-order valence-corrected chi connectivity index (χ0v) is 10.5. The Morgan fingerprint density at radius 1 is 1.53 bits per heavy atom. The van der Waals surface area contributed by atoms with Crippen LogP contribution in [0.1, 0.15) is 25.8 Å². The van der Waals surface area contributed by atoms with Crippen LogP contribution in [0.5, 0.6) is 0 Å². The largest absolute Gasteiger partial charge is 0.493 e. The Kier molecular flexibility index (Phi) is 4.82. The molecular weight excluding hydrogens is 259 g/mol. The quantitative estimate of drug-likeness (QED) is 0.740. The van der Waals surface area contributed by atoms with Crippen LogP contribution in [0.4, 0.5) is 4.39 Å². The van der Waals surface area contributed by atoms with E-state index in [1.165, 1.54) is 6.07 Å². The fourth-order valence-electron chi connectivity index (χ4n) is 1.22. The smallest absolute Gasteiger partial charge is 0.135 e. The van der Waals surface area contributed by atoms with Gasteiger partial charge in [-0.25, -0.2) is 4.39 Å². The van der Waals surface area contributed by atoms with E-state index >= 15 is 0 Å². The van der Waals surface area contributed by atoms with Gasteiger partial charge in [0.05, 0.1) is 12.2 Å². The van der Waals surface area contributed by atoms with E-state index in [1.807, 2.05) is 13.8 Å². The minimum atomic E-state index is -0.270. The lowest BCUT2D eigenvalue weighted by Gasteiger charge is -2.10. The monoisotopic (exact) mass is 272 g/mol. The molecule has 0 heterocycles. The number of hydrogen-bond acceptors (Lipinski definition) is 1. The first-order chi connectivity index (χ1) is 7.19. The first-order valence-corrected chi connectivity index (χ1v) is 5.72. The highest BCUT2D eigenvalue weighted by Crippen LogP contribution is 2.22. The lowest BCUT2D eigenvalue weighted by Crippen LogP contribution is -1.96. The second-order valence-electron chi connectivity index (χ2n) is 3.13. The van der Waals surface area contributed by atoms with Crippen LogP contribution in [-0.2, 0) is 4.74 Å². The van der Waals surface area contributed by atoms with Gasteiger partial charge in [-0.15, -0.1) is 0 Å². The molecule has 0 aliphatic carbocycles. The summed E-state index contributed by atoms with van der Waals surface area (Å²) < 4.78 is 19.7. The Balaban J connectivity index is 2.93. The van der Waals surface area contributed by atoms with Crippen molar-refractivity contribution in [1.82, 2.24) is 0 Å². The van der Waals surface area contributed by atoms with E-state index in [-0.39, 0.29) is 5.82 Å². The van der Waals surface area contributed by atoms with E-state index in [0.717, 1.165) is 10.9 Å². The molecule has 0 saturated heterocycles. The standard InChI is InChI=1S/C12H14BrFO/c1-3-7-15-12(4-2)10-6-5-9(13)8-11(10)14/h4-6,8H,3,7H2,1-2H3. The molecule has 3 heteroatoms. The van der Waals surface area contributed by atoms with Gasteiger partial charge in [0.2, 0.25) is 0 Å². The van der Waals surface area contributed by atoms with Crippen molar-refractivity contribution >= 4 is 21.7 Å². The highest BCUT2D eigenvalue weighted by molar-refractivity contribution is 9.10. The van der Waals surface area contributed by atoms with Gasteiger partial charge in [-0.3, -0.25) is 0 Å². The number of rotatable bonds is 4. The number of halogens is 2. The van der Waals surface area contributed by atoms with Crippen LogP contribution in [0.15, 0.2) is 28.7 Å². The molecule has 0 fully saturated rings. The predicted octanol–water partition coefficient (Wildman–Crippen LogP) is 4.38. The summed E-state index contributed by atoms with van der Waals surface area (Å²) in [6.45, 7) is 4.47. The number of allylic oxidation sites excluding steroid dienone is 1. The van der Waals surface area contributed by atoms with Gasteiger partial charge < -0.3 is 4.74 Å². The Hall–Kier alpha value is -0.830. The summed E-state index contributed by atoms with van der Waals surface area (Å²) in [5.74, 6) is 0.329. The molecule has 1 nitrogen and oxygen atoms in total. The summed E-state index contributed by atoms with van der Waals surface area (Å²) in [5.41, 5.74) is 0.508. The first kappa shape index (κ1) is 12.2. The highest BCUT2D eigenvalue weighted by atomic mass is 79.9. The molecule has 82 valence electrons. The fraction of sp³-hybridized carbons (Fsp3) is 0.333. The molecule has 1 aromatic rings. The zero-order valence-electron chi connectivity index (χ0n) is 8.89. The molecule has 0 amide bonds. The van der Waals surface area contributed by atoms with E-state index in [4.69, 9.17) is 4.74 Å². The van der Waals surface area contributed by atoms with Crippen molar-refractivity contribution in [1.29, 1.82) is 0 Å². The van der Waals surface area contributed by atoms with Crippen molar-refractivity contribution in [3.05, 3.63) is 40.1 Å². The molecule has 0 aromatic heterocycles. The van der Waals surface area contributed by atoms with Gasteiger partial charge in [-0.1, -0.05) is 22.9 Å². The maximum Gasteiger partial charge on any atom is 0.135 e. The van der Waals surface area contributed by atoms with Crippen LogP contribution in [0.2, 0.25) is 0 Å². The average Bonchev–Trinajstić information content (AvgIpc) is 2.21. The molecule has 0 bridgehead atoms. The van der Waals surface area contributed by atoms with Crippen LogP contribution in [0.3, 0.4) is 0 Å². The molecule has 15 heavy (non-hydrogen) atoms. The third-order valence-electron chi connectivity index (χ3n) is 1.92. The molecular formula is C12H14BrFO. The van der Waals surface area contributed by atoms with Crippen molar-refractivity contribution in [3.63, 3.8) is 0 Å². The van der Waals surface area contributed by atoms with E-state index in [2.05, 4.69) is 15.9 Å². The third-order valence-corrected chi connectivity index (χ3v) is 2.41. The summed E-state index contributed by atoms with van der Waals surface area (Å²) >= 11 is 3.22. The minimum absolute atomic E-state index is 0.270. The molecule has 0 aliphatic rings. The van der Waals surface area contributed by atoms with Crippen molar-refractivity contribution in [3.8, 4) is 0 Å². The van der Waals surface area contributed by atoms with Gasteiger partial charge in [-0.05, 0) is 37.6 Å². The maximum absolute atomic E-state index is 13.6. The second kappa shape index (κ2) is 5.91. The summed E-state index contributed by atoms with van der Waals surface area (Å²) in [6, 6.07) is 4.95. The SMILES string of the molecule is CC=C(OCCC)c1ccc(Br)cc1F. The van der Waals surface area contributed by atoms with E-state index in [0.29, 0.717) is 17.9 Å². The Labute approximate surface area is 98.1 Å². The van der Waals surface area contributed by atoms with Crippen LogP contribution in [0.25, 0.3) is 5.76 Å². The number of ether oxygens (including phenoxy) is 1. The Bertz CT molecular complexity index is 361. The van der Waals surface area contributed by atoms with Crippen molar-refractivity contribution < 1.29 is 9.13 Å². The Morgan fingerprint density at radius 3 is 2.80 bits per heavy atom. The van der Waals surface area contributed by atoms with E-state index in [9.17, 15) is 4.39 Å². The van der Waals surface area contributed by atoms with Gasteiger partial charge in [-0.2, -0.15) is 0 Å². The minimum Gasteiger partial charge on any atom is -0.493 e. The molecule has 0 radical (unpaired) electrons. The molecule has 0 saturated carbocycles. The lowest BCUT2D eigenvalue weighted by atomic mass is 10.1. The molecule has 0 unspecified atom stereocenters. The Morgan fingerprint density at radius 2 is 2.27 bits per heavy atom. The fourth-order valence-corrected chi connectivity index (χ4v) is 1.55. The van der Waals surface area contributed by atoms with Crippen molar-refractivity contribution in [2.24, 2.45) is 0 Å². The van der Waals surface area contributed by atoms with Gasteiger partial charge >= 0.3 is 0 Å². The van der Waals surface area contributed by atoms with E-state index in [1.54, 1.807) is 18.2 Å². The van der Waals surface area contributed by atoms with Gasteiger partial charge in [0.1, 0.15) is 11.6 Å². The molecule has 0 spiro atoms. The van der Waals surface area contributed by atoms with Crippen molar-refractivity contribution in [2.45, 2.75) is 20.3 Å². The number of hydrogen-bond donors (Lipinski definition) is 0. The summed E-state index contributed by atoms with van der Waals surface area (Å²) in [7, 11) is 0. The van der Waals surface area contributed by atoms with E-state index < -0.39 is 0 Å². The average molecular weight is 273 g/mol. The van der Waals surface area contributed by atoms with Gasteiger partial charge in [0.15, 0.2) is 0 Å². The third kappa shape index (κ3) is 3.34. The van der Waals surface area contributed by atoms with Crippen LogP contribution in [-0.4, -0.2) is 6.61 Å². The second-order valence-corrected chi connectivity index (χ2v) is 4.04. The molecule has 1 rings (SSSR count). The molecule has 0 aliphatic heterocycles.